The maximum absolute atomic E-state index is 11.8. The molecule has 2 aromatic rings. The average molecular weight is 341 g/mol. The molecule has 0 bridgehead atoms. The molecule has 7 heteroatoms. The second kappa shape index (κ2) is 8.49. The number of hydrogen-bond acceptors (Lipinski definition) is 5. The Morgan fingerprint density at radius 1 is 1.00 bits per heavy atom. The van der Waals surface area contributed by atoms with E-state index in [0.717, 1.165) is 5.56 Å². The highest BCUT2D eigenvalue weighted by Gasteiger charge is 2.12. The molecule has 0 saturated carbocycles. The van der Waals surface area contributed by atoms with Crippen molar-refractivity contribution < 1.29 is 19.1 Å². The van der Waals surface area contributed by atoms with Crippen LogP contribution in [0.1, 0.15) is 11.1 Å². The minimum Gasteiger partial charge on any atom is -0.497 e. The van der Waals surface area contributed by atoms with Crippen LogP contribution in [0.2, 0.25) is 0 Å². The van der Waals surface area contributed by atoms with E-state index in [1.807, 2.05) is 19.1 Å². The zero-order chi connectivity index (χ0) is 18.2. The van der Waals surface area contributed by atoms with Crippen LogP contribution in [0.4, 0.5) is 5.69 Å². The summed E-state index contributed by atoms with van der Waals surface area (Å²) in [5.41, 5.74) is 4.36. The van der Waals surface area contributed by atoms with Gasteiger partial charge in [-0.05, 0) is 37.3 Å². The minimum atomic E-state index is -0.876. The molecule has 0 saturated heterocycles. The van der Waals surface area contributed by atoms with Gasteiger partial charge in [-0.15, -0.1) is 0 Å². The third-order valence-electron chi connectivity index (χ3n) is 3.32. The van der Waals surface area contributed by atoms with E-state index in [0.29, 0.717) is 22.7 Å². The van der Waals surface area contributed by atoms with Crippen molar-refractivity contribution in [3.63, 3.8) is 0 Å². The van der Waals surface area contributed by atoms with E-state index in [-0.39, 0.29) is 0 Å². The number of benzene rings is 2. The van der Waals surface area contributed by atoms with Crippen LogP contribution in [-0.4, -0.2) is 32.2 Å². The molecule has 0 aliphatic heterocycles. The van der Waals surface area contributed by atoms with Gasteiger partial charge in [0.15, 0.2) is 0 Å². The quantitative estimate of drug-likeness (QED) is 0.495. The van der Waals surface area contributed by atoms with Crippen LogP contribution >= 0.6 is 0 Å². The summed E-state index contributed by atoms with van der Waals surface area (Å²) in [6.07, 6.45) is 1.37. The van der Waals surface area contributed by atoms with E-state index >= 15 is 0 Å². The Hall–Kier alpha value is -3.35. The SMILES string of the molecule is COc1ccc(OC)c(C=NNC(=O)C(=O)Nc2ccc(C)cc2)c1. The van der Waals surface area contributed by atoms with Crippen LogP contribution in [0, 0.1) is 6.92 Å². The second-order valence-electron chi connectivity index (χ2n) is 5.13. The van der Waals surface area contributed by atoms with Gasteiger partial charge in [-0.25, -0.2) is 5.43 Å². The Labute approximate surface area is 145 Å². The third-order valence-corrected chi connectivity index (χ3v) is 3.32. The fourth-order valence-electron chi connectivity index (χ4n) is 1.98. The van der Waals surface area contributed by atoms with E-state index in [9.17, 15) is 9.59 Å². The second-order valence-corrected chi connectivity index (χ2v) is 5.13. The lowest BCUT2D eigenvalue weighted by atomic mass is 10.2. The normalized spacial score (nSPS) is 10.4. The predicted molar refractivity (Wildman–Crippen MR) is 95.1 cm³/mol. The van der Waals surface area contributed by atoms with Gasteiger partial charge in [-0.2, -0.15) is 5.10 Å². The molecule has 0 unspecified atom stereocenters. The van der Waals surface area contributed by atoms with Crippen molar-refractivity contribution in [2.24, 2.45) is 5.10 Å². The van der Waals surface area contributed by atoms with Gasteiger partial charge in [0.05, 0.1) is 20.4 Å². The molecular weight excluding hydrogens is 322 g/mol. The topological polar surface area (TPSA) is 89.0 Å². The molecule has 0 aliphatic rings. The summed E-state index contributed by atoms with van der Waals surface area (Å²) in [5.74, 6) is -0.508. The molecule has 2 aromatic carbocycles. The van der Waals surface area contributed by atoms with Gasteiger partial charge < -0.3 is 14.8 Å². The summed E-state index contributed by atoms with van der Waals surface area (Å²) < 4.78 is 10.3. The maximum atomic E-state index is 11.8. The molecule has 2 amide bonds. The molecular formula is C18H19N3O4. The van der Waals surface area contributed by atoms with Crippen molar-refractivity contribution in [2.75, 3.05) is 19.5 Å². The summed E-state index contributed by atoms with van der Waals surface area (Å²) in [6.45, 7) is 1.93. The third kappa shape index (κ3) is 5.07. The molecule has 0 radical (unpaired) electrons. The smallest absolute Gasteiger partial charge is 0.329 e. The zero-order valence-electron chi connectivity index (χ0n) is 14.2. The van der Waals surface area contributed by atoms with Crippen molar-refractivity contribution in [2.45, 2.75) is 6.92 Å². The van der Waals surface area contributed by atoms with E-state index in [4.69, 9.17) is 9.47 Å². The van der Waals surface area contributed by atoms with Crippen LogP contribution in [0.25, 0.3) is 0 Å². The van der Waals surface area contributed by atoms with Crippen LogP contribution in [-0.2, 0) is 9.59 Å². The number of carbonyl (C=O) groups excluding carboxylic acids is 2. The lowest BCUT2D eigenvalue weighted by Crippen LogP contribution is -2.32. The van der Waals surface area contributed by atoms with Crippen molar-refractivity contribution in [1.29, 1.82) is 0 Å². The van der Waals surface area contributed by atoms with Gasteiger partial charge in [0.2, 0.25) is 0 Å². The predicted octanol–water partition coefficient (Wildman–Crippen LogP) is 2.10. The van der Waals surface area contributed by atoms with Crippen LogP contribution in [0.5, 0.6) is 11.5 Å². The molecule has 0 heterocycles. The molecule has 7 nitrogen and oxygen atoms in total. The molecule has 2 N–H and O–H groups in total. The van der Waals surface area contributed by atoms with Crippen LogP contribution < -0.4 is 20.2 Å². The maximum Gasteiger partial charge on any atom is 0.329 e. The summed E-state index contributed by atoms with van der Waals surface area (Å²) in [6, 6.07) is 12.2. The Bertz CT molecular complexity index is 785. The van der Waals surface area contributed by atoms with Gasteiger partial charge in [0.25, 0.3) is 0 Å². The first kappa shape index (κ1) is 18.0. The highest BCUT2D eigenvalue weighted by atomic mass is 16.5. The molecule has 130 valence electrons. The number of hydrogen-bond donors (Lipinski definition) is 2. The summed E-state index contributed by atoms with van der Waals surface area (Å²) in [5, 5.41) is 6.27. The van der Waals surface area contributed by atoms with E-state index in [2.05, 4.69) is 15.8 Å². The first-order valence-corrected chi connectivity index (χ1v) is 7.46. The average Bonchev–Trinajstić information content (AvgIpc) is 2.63. The van der Waals surface area contributed by atoms with Gasteiger partial charge in [-0.1, -0.05) is 17.7 Å². The van der Waals surface area contributed by atoms with E-state index in [1.165, 1.54) is 13.3 Å². The fraction of sp³-hybridized carbons (Fsp3) is 0.167. The highest BCUT2D eigenvalue weighted by Crippen LogP contribution is 2.22. The number of aryl methyl sites for hydroxylation is 1. The zero-order valence-corrected chi connectivity index (χ0v) is 14.2. The standard InChI is InChI=1S/C18H19N3O4/c1-12-4-6-14(7-5-12)20-17(22)18(23)21-19-11-13-10-15(24-2)8-9-16(13)25-3/h4-11H,1-3H3,(H,20,22)(H,21,23). The largest absolute Gasteiger partial charge is 0.497 e. The van der Waals surface area contributed by atoms with Gasteiger partial charge in [-0.3, -0.25) is 9.59 Å². The number of anilines is 1. The van der Waals surface area contributed by atoms with E-state index in [1.54, 1.807) is 37.4 Å². The summed E-state index contributed by atoms with van der Waals surface area (Å²) in [7, 11) is 3.06. The monoisotopic (exact) mass is 341 g/mol. The molecule has 25 heavy (non-hydrogen) atoms. The molecule has 2 rings (SSSR count). The van der Waals surface area contributed by atoms with Gasteiger partial charge in [0.1, 0.15) is 11.5 Å². The number of ether oxygens (including phenoxy) is 2. The lowest BCUT2D eigenvalue weighted by Gasteiger charge is -2.07. The van der Waals surface area contributed by atoms with E-state index < -0.39 is 11.8 Å². The Balaban J connectivity index is 1.97. The molecule has 0 fully saturated rings. The molecule has 0 spiro atoms. The number of rotatable bonds is 5. The van der Waals surface area contributed by atoms with Crippen molar-refractivity contribution >= 4 is 23.7 Å². The number of amides is 2. The fourth-order valence-corrected chi connectivity index (χ4v) is 1.98. The Morgan fingerprint density at radius 3 is 2.36 bits per heavy atom. The first-order valence-electron chi connectivity index (χ1n) is 7.46. The Kier molecular flexibility index (Phi) is 6.11. The van der Waals surface area contributed by atoms with Gasteiger partial charge >= 0.3 is 11.8 Å². The minimum absolute atomic E-state index is 0.532. The molecule has 0 atom stereocenters. The Morgan fingerprint density at radius 2 is 1.72 bits per heavy atom. The van der Waals surface area contributed by atoms with Crippen molar-refractivity contribution in [1.82, 2.24) is 5.43 Å². The first-order chi connectivity index (χ1) is 12.0. The number of hydrazone groups is 1. The van der Waals surface area contributed by atoms with Crippen molar-refractivity contribution in [3.8, 4) is 11.5 Å². The lowest BCUT2D eigenvalue weighted by molar-refractivity contribution is -0.136. The molecule has 0 aromatic heterocycles. The number of carbonyl (C=O) groups is 2. The number of nitrogens with one attached hydrogen (secondary N) is 2. The highest BCUT2D eigenvalue weighted by molar-refractivity contribution is 6.39. The van der Waals surface area contributed by atoms with Crippen LogP contribution in [0.15, 0.2) is 47.6 Å². The van der Waals surface area contributed by atoms with Gasteiger partial charge in [0, 0.05) is 11.3 Å². The van der Waals surface area contributed by atoms with Crippen LogP contribution in [0.3, 0.4) is 0 Å². The number of methoxy groups -OCH3 is 2. The molecule has 0 aliphatic carbocycles. The number of nitrogens with zero attached hydrogens (tertiary/aromatic N) is 1. The van der Waals surface area contributed by atoms with Crippen molar-refractivity contribution in [3.05, 3.63) is 53.6 Å². The summed E-state index contributed by atoms with van der Waals surface area (Å²) >= 11 is 0. The summed E-state index contributed by atoms with van der Waals surface area (Å²) in [4.78, 5) is 23.6.